The molecular formula is C13H13FN2O. The molecule has 0 bridgehead atoms. The van der Waals surface area contributed by atoms with Crippen LogP contribution < -0.4 is 0 Å². The zero-order valence-electron chi connectivity index (χ0n) is 9.99. The van der Waals surface area contributed by atoms with E-state index in [1.165, 1.54) is 12.1 Å². The molecule has 0 spiro atoms. The summed E-state index contributed by atoms with van der Waals surface area (Å²) in [6, 6.07) is 4.61. The van der Waals surface area contributed by atoms with E-state index in [0.717, 1.165) is 22.5 Å². The minimum atomic E-state index is -0.500. The van der Waals surface area contributed by atoms with Crippen LogP contribution in [-0.4, -0.2) is 16.1 Å². The molecule has 17 heavy (non-hydrogen) atoms. The van der Waals surface area contributed by atoms with E-state index in [9.17, 15) is 9.18 Å². The summed E-state index contributed by atoms with van der Waals surface area (Å²) in [6.07, 6.45) is 0.516. The first-order chi connectivity index (χ1) is 8.04. The maximum atomic E-state index is 13.5. The molecule has 0 aliphatic heterocycles. The van der Waals surface area contributed by atoms with Crippen LogP contribution in [0.5, 0.6) is 0 Å². The molecule has 1 heterocycles. The highest BCUT2D eigenvalue weighted by molar-refractivity contribution is 5.78. The van der Waals surface area contributed by atoms with Crippen LogP contribution in [0.2, 0.25) is 0 Å². The topological polar surface area (TPSA) is 34.9 Å². The Morgan fingerprint density at radius 2 is 2.06 bits per heavy atom. The van der Waals surface area contributed by atoms with E-state index in [-0.39, 0.29) is 5.56 Å². The zero-order chi connectivity index (χ0) is 12.6. The molecule has 0 radical (unpaired) electrons. The molecule has 2 rings (SSSR count). The number of aromatic nitrogens is 2. The Hall–Kier alpha value is -1.97. The molecule has 0 amide bonds. The van der Waals surface area contributed by atoms with Gasteiger partial charge in [0, 0.05) is 18.3 Å². The number of carbonyl (C=O) groups is 1. The number of hydrogen-bond acceptors (Lipinski definition) is 2. The van der Waals surface area contributed by atoms with Crippen molar-refractivity contribution < 1.29 is 9.18 Å². The largest absolute Gasteiger partial charge is 0.298 e. The summed E-state index contributed by atoms with van der Waals surface area (Å²) in [4.78, 5) is 10.6. The van der Waals surface area contributed by atoms with Crippen LogP contribution in [0.4, 0.5) is 4.39 Å². The van der Waals surface area contributed by atoms with Crippen molar-refractivity contribution in [3.05, 3.63) is 41.0 Å². The third-order valence-electron chi connectivity index (χ3n) is 2.93. The molecule has 0 aliphatic carbocycles. The van der Waals surface area contributed by atoms with Crippen molar-refractivity contribution >= 4 is 6.29 Å². The van der Waals surface area contributed by atoms with Gasteiger partial charge in [-0.2, -0.15) is 5.10 Å². The Balaban J connectivity index is 2.61. The van der Waals surface area contributed by atoms with Gasteiger partial charge in [-0.05, 0) is 31.5 Å². The predicted molar refractivity (Wildman–Crippen MR) is 63.5 cm³/mol. The summed E-state index contributed by atoms with van der Waals surface area (Å²) >= 11 is 0. The maximum absolute atomic E-state index is 13.5. The third kappa shape index (κ3) is 1.86. The zero-order valence-corrected chi connectivity index (χ0v) is 9.99. The molecule has 2 aromatic rings. The highest BCUT2D eigenvalue weighted by Crippen LogP contribution is 2.27. The highest BCUT2D eigenvalue weighted by Gasteiger charge is 2.13. The Morgan fingerprint density at radius 1 is 1.35 bits per heavy atom. The van der Waals surface area contributed by atoms with Crippen LogP contribution in [0.25, 0.3) is 11.1 Å². The lowest BCUT2D eigenvalue weighted by atomic mass is 10.0. The van der Waals surface area contributed by atoms with E-state index in [2.05, 4.69) is 5.10 Å². The van der Waals surface area contributed by atoms with Gasteiger partial charge >= 0.3 is 0 Å². The summed E-state index contributed by atoms with van der Waals surface area (Å²) in [5.74, 6) is -0.500. The van der Waals surface area contributed by atoms with Crippen LogP contribution in [-0.2, 0) is 7.05 Å². The summed E-state index contributed by atoms with van der Waals surface area (Å²) in [5, 5.41) is 4.28. The molecule has 1 aromatic carbocycles. The molecule has 4 heteroatoms. The van der Waals surface area contributed by atoms with Crippen LogP contribution in [0.15, 0.2) is 18.2 Å². The lowest BCUT2D eigenvalue weighted by Gasteiger charge is -2.03. The quantitative estimate of drug-likeness (QED) is 0.746. The number of rotatable bonds is 2. The Bertz CT molecular complexity index is 587. The number of hydrogen-bond donors (Lipinski definition) is 0. The molecule has 0 saturated carbocycles. The number of carbonyl (C=O) groups excluding carboxylic acids is 1. The second-order valence-corrected chi connectivity index (χ2v) is 4.02. The van der Waals surface area contributed by atoms with E-state index in [4.69, 9.17) is 0 Å². The number of halogens is 1. The number of nitrogens with zero attached hydrogens (tertiary/aromatic N) is 2. The first-order valence-corrected chi connectivity index (χ1v) is 5.30. The van der Waals surface area contributed by atoms with Crippen LogP contribution in [0.3, 0.4) is 0 Å². The fourth-order valence-electron chi connectivity index (χ4n) is 1.97. The van der Waals surface area contributed by atoms with Crippen molar-refractivity contribution in [1.29, 1.82) is 0 Å². The average molecular weight is 232 g/mol. The number of benzene rings is 1. The molecule has 88 valence electrons. The Kier molecular flexibility index (Phi) is 2.79. The Labute approximate surface area is 98.9 Å². The molecule has 0 unspecified atom stereocenters. The van der Waals surface area contributed by atoms with Gasteiger partial charge in [-0.1, -0.05) is 6.07 Å². The molecule has 0 aliphatic rings. The van der Waals surface area contributed by atoms with Gasteiger partial charge in [0.2, 0.25) is 0 Å². The second-order valence-electron chi connectivity index (χ2n) is 4.02. The molecule has 0 fully saturated rings. The normalized spacial score (nSPS) is 10.6. The lowest BCUT2D eigenvalue weighted by Crippen LogP contribution is -1.93. The SMILES string of the molecule is Cc1nn(C)c(C)c1-c1ccc(C=O)c(F)c1. The van der Waals surface area contributed by atoms with Gasteiger partial charge in [0.15, 0.2) is 6.29 Å². The van der Waals surface area contributed by atoms with Crippen molar-refractivity contribution in [2.45, 2.75) is 13.8 Å². The van der Waals surface area contributed by atoms with Crippen molar-refractivity contribution in [3.8, 4) is 11.1 Å². The van der Waals surface area contributed by atoms with Crippen LogP contribution in [0.1, 0.15) is 21.7 Å². The molecule has 0 saturated heterocycles. The lowest BCUT2D eigenvalue weighted by molar-refractivity contribution is 0.112. The van der Waals surface area contributed by atoms with E-state index >= 15 is 0 Å². The molecule has 3 nitrogen and oxygen atoms in total. The van der Waals surface area contributed by atoms with Crippen LogP contribution in [0, 0.1) is 19.7 Å². The van der Waals surface area contributed by atoms with Gasteiger partial charge in [-0.3, -0.25) is 9.48 Å². The van der Waals surface area contributed by atoms with Gasteiger partial charge in [0.1, 0.15) is 5.82 Å². The smallest absolute Gasteiger partial charge is 0.152 e. The van der Waals surface area contributed by atoms with Crippen molar-refractivity contribution in [2.75, 3.05) is 0 Å². The van der Waals surface area contributed by atoms with Gasteiger partial charge in [-0.15, -0.1) is 0 Å². The molecule has 0 atom stereocenters. The number of aldehydes is 1. The average Bonchev–Trinajstić information content (AvgIpc) is 2.53. The molecule has 1 aromatic heterocycles. The first-order valence-electron chi connectivity index (χ1n) is 5.30. The number of aryl methyl sites for hydroxylation is 2. The van der Waals surface area contributed by atoms with Crippen molar-refractivity contribution in [3.63, 3.8) is 0 Å². The Morgan fingerprint density at radius 3 is 2.53 bits per heavy atom. The fourth-order valence-corrected chi connectivity index (χ4v) is 1.97. The van der Waals surface area contributed by atoms with E-state index in [0.29, 0.717) is 6.29 Å². The summed E-state index contributed by atoms with van der Waals surface area (Å²) in [5.41, 5.74) is 3.57. The predicted octanol–water partition coefficient (Wildman–Crippen LogP) is 2.66. The van der Waals surface area contributed by atoms with Crippen molar-refractivity contribution in [2.24, 2.45) is 7.05 Å². The van der Waals surface area contributed by atoms with Crippen molar-refractivity contribution in [1.82, 2.24) is 9.78 Å². The summed E-state index contributed by atoms with van der Waals surface area (Å²) < 4.78 is 15.3. The minimum Gasteiger partial charge on any atom is -0.298 e. The minimum absolute atomic E-state index is 0.0768. The molecular weight excluding hydrogens is 219 g/mol. The van der Waals surface area contributed by atoms with Gasteiger partial charge in [-0.25, -0.2) is 4.39 Å². The van der Waals surface area contributed by atoms with E-state index < -0.39 is 5.82 Å². The molecule has 0 N–H and O–H groups in total. The van der Waals surface area contributed by atoms with E-state index in [1.54, 1.807) is 10.7 Å². The highest BCUT2D eigenvalue weighted by atomic mass is 19.1. The monoisotopic (exact) mass is 232 g/mol. The van der Waals surface area contributed by atoms with Gasteiger partial charge in [0.05, 0.1) is 11.3 Å². The van der Waals surface area contributed by atoms with Crippen LogP contribution >= 0.6 is 0 Å². The van der Waals surface area contributed by atoms with E-state index in [1.807, 2.05) is 20.9 Å². The standard InChI is InChI=1S/C13H13FN2O/c1-8-13(9(2)16(3)15-8)10-4-5-11(7-17)12(14)6-10/h4-7H,1-3H3. The maximum Gasteiger partial charge on any atom is 0.152 e. The summed E-state index contributed by atoms with van der Waals surface area (Å²) in [7, 11) is 1.85. The second kappa shape index (κ2) is 4.13. The third-order valence-corrected chi connectivity index (χ3v) is 2.93. The van der Waals surface area contributed by atoms with Gasteiger partial charge in [0.25, 0.3) is 0 Å². The fraction of sp³-hybridized carbons (Fsp3) is 0.231. The van der Waals surface area contributed by atoms with Gasteiger partial charge < -0.3 is 0 Å². The first kappa shape index (κ1) is 11.5. The summed E-state index contributed by atoms with van der Waals surface area (Å²) in [6.45, 7) is 3.81.